The Kier molecular flexibility index (Phi) is 5.22. The van der Waals surface area contributed by atoms with Crippen LogP contribution in [0, 0.1) is 6.92 Å². The average molecular weight is 401 g/mol. The Labute approximate surface area is 172 Å². The third kappa shape index (κ3) is 4.03. The predicted molar refractivity (Wildman–Crippen MR) is 115 cm³/mol. The van der Waals surface area contributed by atoms with Crippen molar-refractivity contribution in [3.8, 4) is 22.8 Å². The summed E-state index contributed by atoms with van der Waals surface area (Å²) in [5.74, 6) is -0.0196. The quantitative estimate of drug-likeness (QED) is 0.514. The van der Waals surface area contributed by atoms with E-state index < -0.39 is 0 Å². The number of carbonyl (C=O) groups excluding carboxylic acids is 1. The van der Waals surface area contributed by atoms with Crippen LogP contribution in [0.1, 0.15) is 5.56 Å². The highest BCUT2D eigenvalue weighted by Crippen LogP contribution is 2.31. The molecule has 1 aromatic heterocycles. The number of phenolic OH excluding ortho intramolecular Hbond substituents is 1. The number of amides is 1. The van der Waals surface area contributed by atoms with Gasteiger partial charge in [-0.3, -0.25) is 9.59 Å². The fourth-order valence-corrected chi connectivity index (χ4v) is 3.12. The molecule has 4 rings (SSSR count). The molecule has 0 atom stereocenters. The number of benzene rings is 3. The fourth-order valence-electron chi connectivity index (χ4n) is 3.12. The molecule has 6 nitrogen and oxygen atoms in total. The number of phenols is 1. The summed E-state index contributed by atoms with van der Waals surface area (Å²) in [5.41, 5.74) is 2.18. The second kappa shape index (κ2) is 8.13. The van der Waals surface area contributed by atoms with Crippen LogP contribution in [0.5, 0.6) is 11.5 Å². The van der Waals surface area contributed by atoms with E-state index in [1.54, 1.807) is 6.07 Å². The van der Waals surface area contributed by atoms with Crippen molar-refractivity contribution in [1.29, 1.82) is 0 Å². The van der Waals surface area contributed by atoms with E-state index in [9.17, 15) is 14.7 Å². The van der Waals surface area contributed by atoms with Crippen LogP contribution >= 0.6 is 0 Å². The van der Waals surface area contributed by atoms with E-state index in [0.717, 1.165) is 11.1 Å². The number of para-hydroxylation sites is 1. The van der Waals surface area contributed by atoms with Crippen molar-refractivity contribution in [2.75, 3.05) is 11.9 Å². The van der Waals surface area contributed by atoms with Crippen molar-refractivity contribution >= 4 is 22.6 Å². The van der Waals surface area contributed by atoms with E-state index in [1.165, 1.54) is 18.2 Å². The largest absolute Gasteiger partial charge is 0.507 e. The van der Waals surface area contributed by atoms with Crippen molar-refractivity contribution in [3.05, 3.63) is 88.6 Å². The zero-order chi connectivity index (χ0) is 21.1. The molecule has 0 spiro atoms. The van der Waals surface area contributed by atoms with E-state index in [0.29, 0.717) is 11.4 Å². The van der Waals surface area contributed by atoms with Gasteiger partial charge in [-0.05, 0) is 18.6 Å². The lowest BCUT2D eigenvalue weighted by molar-refractivity contribution is -0.118. The second-order valence-corrected chi connectivity index (χ2v) is 6.81. The number of carbonyl (C=O) groups is 1. The van der Waals surface area contributed by atoms with Gasteiger partial charge in [0.2, 0.25) is 0 Å². The van der Waals surface area contributed by atoms with E-state index in [-0.39, 0.29) is 40.4 Å². The summed E-state index contributed by atoms with van der Waals surface area (Å²) < 4.78 is 11.3. The lowest BCUT2D eigenvalue weighted by Gasteiger charge is -2.11. The molecule has 0 bridgehead atoms. The molecular weight excluding hydrogens is 382 g/mol. The normalized spacial score (nSPS) is 10.7. The first-order valence-electron chi connectivity index (χ1n) is 9.36. The molecular formula is C24H19NO5. The van der Waals surface area contributed by atoms with Gasteiger partial charge in [0.05, 0.1) is 0 Å². The van der Waals surface area contributed by atoms with Gasteiger partial charge < -0.3 is 19.6 Å². The molecule has 4 aromatic rings. The predicted octanol–water partition coefficient (Wildman–Crippen LogP) is 4.49. The second-order valence-electron chi connectivity index (χ2n) is 6.81. The summed E-state index contributed by atoms with van der Waals surface area (Å²) in [6, 6.07) is 20.7. The maximum Gasteiger partial charge on any atom is 0.262 e. The Morgan fingerprint density at radius 2 is 1.77 bits per heavy atom. The number of rotatable bonds is 5. The van der Waals surface area contributed by atoms with Crippen LogP contribution in [0.3, 0.4) is 0 Å². The number of nitrogens with one attached hydrogen (secondary N) is 1. The van der Waals surface area contributed by atoms with E-state index in [1.807, 2.05) is 55.5 Å². The van der Waals surface area contributed by atoms with Gasteiger partial charge in [0.25, 0.3) is 5.91 Å². The Bertz CT molecular complexity index is 1280. The van der Waals surface area contributed by atoms with E-state index >= 15 is 0 Å². The molecule has 0 aliphatic carbocycles. The number of fused-ring (bicyclic) bond motifs is 1. The Balaban J connectivity index is 1.58. The lowest BCUT2D eigenvalue weighted by atomic mass is 10.1. The molecule has 3 aromatic carbocycles. The smallest absolute Gasteiger partial charge is 0.262 e. The molecule has 0 aliphatic rings. The summed E-state index contributed by atoms with van der Waals surface area (Å²) >= 11 is 0. The van der Waals surface area contributed by atoms with Crippen LogP contribution < -0.4 is 15.5 Å². The van der Waals surface area contributed by atoms with Crippen LogP contribution in [0.25, 0.3) is 22.3 Å². The highest BCUT2D eigenvalue weighted by Gasteiger charge is 2.14. The van der Waals surface area contributed by atoms with Gasteiger partial charge in [0.1, 0.15) is 28.2 Å². The molecule has 2 N–H and O–H groups in total. The van der Waals surface area contributed by atoms with Gasteiger partial charge in [-0.2, -0.15) is 0 Å². The standard InChI is InChI=1S/C24H19NO5/c1-15-7-5-6-10-18(15)25-23(28)14-29-17-11-19(26)24-20(27)13-21(30-22(24)12-17)16-8-3-2-4-9-16/h2-13,26H,14H2,1H3,(H,25,28). The van der Waals surface area contributed by atoms with Gasteiger partial charge in [-0.1, -0.05) is 48.5 Å². The summed E-state index contributed by atoms with van der Waals surface area (Å²) in [5, 5.41) is 13.1. The highest BCUT2D eigenvalue weighted by molar-refractivity contribution is 5.92. The maximum absolute atomic E-state index is 12.5. The minimum absolute atomic E-state index is 0.0615. The van der Waals surface area contributed by atoms with Crippen molar-refractivity contribution < 1.29 is 19.1 Å². The molecule has 0 aliphatic heterocycles. The molecule has 0 saturated carbocycles. The molecule has 0 fully saturated rings. The summed E-state index contributed by atoms with van der Waals surface area (Å²) in [7, 11) is 0. The first-order valence-corrected chi connectivity index (χ1v) is 9.36. The van der Waals surface area contributed by atoms with Crippen LogP contribution in [-0.2, 0) is 4.79 Å². The topological polar surface area (TPSA) is 88.8 Å². The summed E-state index contributed by atoms with van der Waals surface area (Å²) in [4.78, 5) is 24.7. The van der Waals surface area contributed by atoms with E-state index in [4.69, 9.17) is 9.15 Å². The van der Waals surface area contributed by atoms with Crippen LogP contribution in [0.15, 0.2) is 82.0 Å². The first kappa shape index (κ1) is 19.3. The molecule has 30 heavy (non-hydrogen) atoms. The van der Waals surface area contributed by atoms with Crippen molar-refractivity contribution in [2.45, 2.75) is 6.92 Å². The molecule has 0 saturated heterocycles. The molecule has 6 heteroatoms. The SMILES string of the molecule is Cc1ccccc1NC(=O)COc1cc(O)c2c(=O)cc(-c3ccccc3)oc2c1. The van der Waals surface area contributed by atoms with Crippen molar-refractivity contribution in [3.63, 3.8) is 0 Å². The van der Waals surface area contributed by atoms with Gasteiger partial charge >= 0.3 is 0 Å². The van der Waals surface area contributed by atoms with Crippen LogP contribution in [-0.4, -0.2) is 17.6 Å². The molecule has 0 radical (unpaired) electrons. The number of aryl methyl sites for hydroxylation is 1. The highest BCUT2D eigenvalue weighted by atomic mass is 16.5. The maximum atomic E-state index is 12.5. The first-order chi connectivity index (χ1) is 14.5. The number of ether oxygens (including phenoxy) is 1. The van der Waals surface area contributed by atoms with Gasteiger partial charge in [0.15, 0.2) is 12.0 Å². The molecule has 1 heterocycles. The lowest BCUT2D eigenvalue weighted by Crippen LogP contribution is -2.20. The third-order valence-corrected chi connectivity index (χ3v) is 4.63. The van der Waals surface area contributed by atoms with Gasteiger partial charge in [0, 0.05) is 29.4 Å². The Morgan fingerprint density at radius 1 is 1.03 bits per heavy atom. The average Bonchev–Trinajstić information content (AvgIpc) is 2.74. The van der Waals surface area contributed by atoms with Crippen molar-refractivity contribution in [1.82, 2.24) is 0 Å². The number of hydrogen-bond acceptors (Lipinski definition) is 5. The van der Waals surface area contributed by atoms with Crippen molar-refractivity contribution in [2.24, 2.45) is 0 Å². The fraction of sp³-hybridized carbons (Fsp3) is 0.0833. The van der Waals surface area contributed by atoms with Gasteiger partial charge in [-0.15, -0.1) is 0 Å². The Morgan fingerprint density at radius 3 is 2.53 bits per heavy atom. The summed E-state index contributed by atoms with van der Waals surface area (Å²) in [6.45, 7) is 1.63. The number of anilines is 1. The van der Waals surface area contributed by atoms with E-state index in [2.05, 4.69) is 5.32 Å². The molecule has 150 valence electrons. The zero-order valence-electron chi connectivity index (χ0n) is 16.2. The summed E-state index contributed by atoms with van der Waals surface area (Å²) in [6.07, 6.45) is 0. The third-order valence-electron chi connectivity index (χ3n) is 4.63. The van der Waals surface area contributed by atoms with Gasteiger partial charge in [-0.25, -0.2) is 0 Å². The number of hydrogen-bond donors (Lipinski definition) is 2. The number of aromatic hydroxyl groups is 1. The minimum atomic E-state index is -0.364. The molecule has 0 unspecified atom stereocenters. The zero-order valence-corrected chi connectivity index (χ0v) is 16.2. The monoisotopic (exact) mass is 401 g/mol. The minimum Gasteiger partial charge on any atom is -0.507 e. The molecule has 1 amide bonds. The van der Waals surface area contributed by atoms with Crippen LogP contribution in [0.2, 0.25) is 0 Å². The Hall–Kier alpha value is -4.06. The van der Waals surface area contributed by atoms with Crippen LogP contribution in [0.4, 0.5) is 5.69 Å².